The van der Waals surface area contributed by atoms with E-state index in [4.69, 9.17) is 14.2 Å². The van der Waals surface area contributed by atoms with Gasteiger partial charge in [-0.05, 0) is 69.6 Å². The fourth-order valence-electron chi connectivity index (χ4n) is 7.42. The van der Waals surface area contributed by atoms with E-state index in [0.29, 0.717) is 29.4 Å². The summed E-state index contributed by atoms with van der Waals surface area (Å²) in [6.07, 6.45) is 4.08. The first kappa shape index (κ1) is 34.1. The van der Waals surface area contributed by atoms with E-state index in [0.717, 1.165) is 99.3 Å². The van der Waals surface area contributed by atoms with Gasteiger partial charge in [-0.15, -0.1) is 8.75 Å². The number of piperidine rings is 4. The van der Waals surface area contributed by atoms with Crippen molar-refractivity contribution in [2.24, 2.45) is 0 Å². The van der Waals surface area contributed by atoms with Crippen LogP contribution < -0.4 is 24.8 Å². The molecule has 4 aliphatic heterocycles. The van der Waals surface area contributed by atoms with Gasteiger partial charge in [-0.25, -0.2) is 9.59 Å². The molecule has 0 spiro atoms. The molecule has 5 N–H and O–H groups in total. The highest BCUT2D eigenvalue weighted by molar-refractivity contribution is 6.99. The Kier molecular flexibility index (Phi) is 9.90. The summed E-state index contributed by atoms with van der Waals surface area (Å²) in [6.45, 7) is 1.68. The highest BCUT2D eigenvalue weighted by Gasteiger charge is 2.46. The Labute approximate surface area is 296 Å². The molecule has 6 aliphatic rings. The average molecular weight is 721 g/mol. The molecule has 2 saturated carbocycles. The molecule has 2 aromatic heterocycles. The third-order valence-corrected chi connectivity index (χ3v) is 11.3. The zero-order valence-corrected chi connectivity index (χ0v) is 28.6. The molecular weight excluding hydrogens is 685 g/mol. The summed E-state index contributed by atoms with van der Waals surface area (Å²) in [6, 6.07) is 5.82. The largest absolute Gasteiger partial charge is 0.479 e. The number of hydrogen-bond acceptors (Lipinski definition) is 14. The van der Waals surface area contributed by atoms with E-state index in [9.17, 15) is 24.9 Å². The molecule has 262 valence electrons. The number of ether oxygens (including phenoxy) is 3. The van der Waals surface area contributed by atoms with Crippen molar-refractivity contribution in [1.82, 2.24) is 28.1 Å². The van der Waals surface area contributed by atoms with Crippen LogP contribution in [0.25, 0.3) is 0 Å². The molecular formula is C34H36N6O8S2. The van der Waals surface area contributed by atoms with Crippen LogP contribution in [0, 0.1) is 23.7 Å². The average Bonchev–Trinajstić information content (AvgIpc) is 3.84. The standard InChI is InChI=1S/C34H36N6O8S2/c41-25(31(42)43)26(32(44)45)48-24-17-20(3-1-15-46-29-27(37-49-39-29)33-11-7-22(8-12-33)35-18-33)5-6-21(24)4-2-16-47-30-28(38-50-40-30)34-13-9-23(10-14-34)36-19-34/h5-6,17,22-23,25-26,35-36,41H,7-16,18-19H2,(H,42,43)(H,44,45)/t22?,23?,25-,26?,33?,34?/m0/s1. The van der Waals surface area contributed by atoms with Gasteiger partial charge < -0.3 is 40.2 Å². The number of nitrogens with one attached hydrogen (secondary N) is 2. The zero-order chi connectivity index (χ0) is 34.7. The van der Waals surface area contributed by atoms with Gasteiger partial charge in [0.05, 0.1) is 29.0 Å². The number of nitrogens with zero attached hydrogens (tertiary/aromatic N) is 4. The number of carboxylic acids is 2. The predicted octanol–water partition coefficient (Wildman–Crippen LogP) is 2.10. The minimum Gasteiger partial charge on any atom is -0.479 e. The molecule has 14 nitrogen and oxygen atoms in total. The molecule has 50 heavy (non-hydrogen) atoms. The fraction of sp³-hybridized carbons (Fsp3) is 0.529. The normalized spacial score (nSPS) is 26.1. The molecule has 1 unspecified atom stereocenters. The van der Waals surface area contributed by atoms with Gasteiger partial charge in [0, 0.05) is 41.6 Å². The summed E-state index contributed by atoms with van der Waals surface area (Å²) >= 11 is 2.22. The van der Waals surface area contributed by atoms with E-state index in [1.54, 1.807) is 12.1 Å². The number of fused-ring (bicyclic) bond motifs is 6. The van der Waals surface area contributed by atoms with Gasteiger partial charge in [-0.2, -0.15) is 8.75 Å². The highest BCUT2D eigenvalue weighted by atomic mass is 32.1. The summed E-state index contributed by atoms with van der Waals surface area (Å²) in [5.41, 5.74) is 2.21. The number of aliphatic hydroxyl groups excluding tert-OH is 1. The summed E-state index contributed by atoms with van der Waals surface area (Å²) in [5, 5.41) is 36.1. The molecule has 16 heteroatoms. The number of rotatable bonds is 11. The van der Waals surface area contributed by atoms with E-state index < -0.39 is 24.1 Å². The Morgan fingerprint density at radius 2 is 1.36 bits per heavy atom. The topological polar surface area (TPSA) is 198 Å². The van der Waals surface area contributed by atoms with E-state index in [1.807, 2.05) is 0 Å². The molecule has 0 amide bonds. The Morgan fingerprint density at radius 1 is 0.820 bits per heavy atom. The third kappa shape index (κ3) is 6.99. The minimum atomic E-state index is -2.33. The number of carbonyl (C=O) groups is 2. The van der Waals surface area contributed by atoms with Crippen molar-refractivity contribution in [3.63, 3.8) is 0 Å². The van der Waals surface area contributed by atoms with Crippen molar-refractivity contribution < 1.29 is 39.1 Å². The van der Waals surface area contributed by atoms with Crippen molar-refractivity contribution in [2.45, 2.75) is 86.5 Å². The second-order valence-electron chi connectivity index (χ2n) is 13.3. The second kappa shape index (κ2) is 14.5. The lowest BCUT2D eigenvalue weighted by atomic mass is 9.67. The lowest BCUT2D eigenvalue weighted by molar-refractivity contribution is -0.163. The smallest absolute Gasteiger partial charge is 0.348 e. The van der Waals surface area contributed by atoms with Crippen LogP contribution in [0.15, 0.2) is 18.2 Å². The lowest BCUT2D eigenvalue weighted by Crippen LogP contribution is -2.54. The maximum absolute atomic E-state index is 11.9. The van der Waals surface area contributed by atoms with Crippen molar-refractivity contribution in [3.8, 4) is 41.2 Å². The summed E-state index contributed by atoms with van der Waals surface area (Å²) in [5.74, 6) is 9.20. The van der Waals surface area contributed by atoms with Gasteiger partial charge in [0.25, 0.3) is 11.8 Å². The van der Waals surface area contributed by atoms with Crippen LogP contribution in [0.2, 0.25) is 0 Å². The summed E-state index contributed by atoms with van der Waals surface area (Å²) in [7, 11) is 0. The van der Waals surface area contributed by atoms with Crippen LogP contribution in [0.4, 0.5) is 0 Å². The molecule has 4 bridgehead atoms. The SMILES string of the molecule is O=C(O)C(Oc1cc(C#CCOc2nsnc2C23CCC(CC2)NC3)ccc1C#CCOc1nsnc1C12CCC(CC1)NC2)[C@H](O)C(=O)O. The van der Waals surface area contributed by atoms with E-state index in [-0.39, 0.29) is 35.4 Å². The van der Waals surface area contributed by atoms with Crippen molar-refractivity contribution in [3.05, 3.63) is 40.7 Å². The number of hydrogen-bond donors (Lipinski definition) is 5. The van der Waals surface area contributed by atoms with Gasteiger partial charge >= 0.3 is 11.9 Å². The molecule has 2 atom stereocenters. The third-order valence-electron chi connectivity index (χ3n) is 10.3. The molecule has 6 fully saturated rings. The number of benzene rings is 1. The van der Waals surface area contributed by atoms with Gasteiger partial charge in [0.15, 0.2) is 19.3 Å². The van der Waals surface area contributed by atoms with Crippen LogP contribution in [0.3, 0.4) is 0 Å². The number of aromatic nitrogens is 4. The first-order valence-corrected chi connectivity index (χ1v) is 18.0. The Morgan fingerprint density at radius 3 is 1.84 bits per heavy atom. The van der Waals surface area contributed by atoms with Crippen molar-refractivity contribution in [1.29, 1.82) is 0 Å². The first-order valence-electron chi connectivity index (χ1n) is 16.6. The molecule has 1 aromatic carbocycles. The molecule has 4 saturated heterocycles. The van der Waals surface area contributed by atoms with Crippen molar-refractivity contribution >= 4 is 35.4 Å². The van der Waals surface area contributed by atoms with Crippen molar-refractivity contribution in [2.75, 3.05) is 26.3 Å². The molecule has 9 rings (SSSR count). The van der Waals surface area contributed by atoms with Crippen LogP contribution in [0.5, 0.6) is 17.5 Å². The Bertz CT molecular complexity index is 1830. The van der Waals surface area contributed by atoms with Crippen LogP contribution in [-0.4, -0.2) is 95.3 Å². The lowest BCUT2D eigenvalue weighted by Gasteiger charge is -2.46. The van der Waals surface area contributed by atoms with Crippen LogP contribution in [-0.2, 0) is 20.4 Å². The molecule has 6 heterocycles. The van der Waals surface area contributed by atoms with E-state index >= 15 is 0 Å². The first-order chi connectivity index (χ1) is 24.3. The Hall–Kier alpha value is -4.32. The number of aliphatic carboxylic acids is 2. The van der Waals surface area contributed by atoms with Gasteiger partial charge in [0.2, 0.25) is 6.10 Å². The molecule has 3 aromatic rings. The maximum Gasteiger partial charge on any atom is 0.348 e. The Balaban J connectivity index is 1.06. The minimum absolute atomic E-state index is 0.0283. The van der Waals surface area contributed by atoms with Gasteiger partial charge in [0.1, 0.15) is 17.1 Å². The van der Waals surface area contributed by atoms with Gasteiger partial charge in [-0.1, -0.05) is 23.7 Å². The second-order valence-corrected chi connectivity index (χ2v) is 14.3. The zero-order valence-electron chi connectivity index (χ0n) is 27.0. The van der Waals surface area contributed by atoms with Gasteiger partial charge in [-0.3, -0.25) is 0 Å². The predicted molar refractivity (Wildman–Crippen MR) is 181 cm³/mol. The summed E-state index contributed by atoms with van der Waals surface area (Å²) < 4.78 is 35.3. The number of carboxylic acid groups (broad SMARTS) is 2. The van der Waals surface area contributed by atoms with Crippen LogP contribution >= 0.6 is 23.5 Å². The number of aliphatic hydroxyl groups is 1. The molecule has 2 aliphatic carbocycles. The maximum atomic E-state index is 11.9. The highest BCUT2D eigenvalue weighted by Crippen LogP contribution is 2.46. The van der Waals surface area contributed by atoms with E-state index in [2.05, 4.69) is 51.8 Å². The summed E-state index contributed by atoms with van der Waals surface area (Å²) in [4.78, 5) is 23.3. The fourth-order valence-corrected chi connectivity index (χ4v) is 8.63. The quantitative estimate of drug-likeness (QED) is 0.181. The monoisotopic (exact) mass is 720 g/mol. The molecule has 0 radical (unpaired) electrons. The van der Waals surface area contributed by atoms with Crippen LogP contribution in [0.1, 0.15) is 73.9 Å². The van der Waals surface area contributed by atoms with E-state index in [1.165, 1.54) is 6.07 Å².